The minimum Gasteiger partial charge on any atom is -0.370 e. The van der Waals surface area contributed by atoms with Crippen molar-refractivity contribution in [3.8, 4) is 6.07 Å². The number of nitrogens with zero attached hydrogens (tertiary/aromatic N) is 4. The lowest BCUT2D eigenvalue weighted by molar-refractivity contribution is -0.121. The first-order valence-electron chi connectivity index (χ1n) is 7.22. The fraction of sp³-hybridized carbons (Fsp3) is 0.312. The van der Waals surface area contributed by atoms with Gasteiger partial charge in [-0.1, -0.05) is 11.6 Å². The van der Waals surface area contributed by atoms with Gasteiger partial charge >= 0.3 is 0 Å². The van der Waals surface area contributed by atoms with Crippen LogP contribution in [0.25, 0.3) is 0 Å². The van der Waals surface area contributed by atoms with Crippen LogP contribution in [0.1, 0.15) is 17.0 Å². The molecular weight excluding hydrogens is 314 g/mol. The van der Waals surface area contributed by atoms with E-state index in [9.17, 15) is 4.79 Å². The second-order valence-corrected chi connectivity index (χ2v) is 6.15. The first kappa shape index (κ1) is 15.4. The minimum absolute atomic E-state index is 0.00406. The monoisotopic (exact) mass is 329 g/mol. The lowest BCUT2D eigenvalue weighted by Crippen LogP contribution is -2.29. The molecule has 1 amide bonds. The van der Waals surface area contributed by atoms with Crippen LogP contribution in [0.15, 0.2) is 30.6 Å². The molecule has 2 heterocycles. The van der Waals surface area contributed by atoms with Crippen LogP contribution in [-0.4, -0.2) is 28.8 Å². The first-order valence-corrected chi connectivity index (χ1v) is 7.60. The van der Waals surface area contributed by atoms with E-state index in [0.717, 1.165) is 11.3 Å². The van der Waals surface area contributed by atoms with Gasteiger partial charge in [0.1, 0.15) is 6.07 Å². The number of benzene rings is 1. The van der Waals surface area contributed by atoms with Crippen LogP contribution in [0.4, 0.5) is 5.69 Å². The molecule has 6 nitrogen and oxygen atoms in total. The molecule has 0 radical (unpaired) electrons. The Kier molecular flexibility index (Phi) is 3.97. The lowest BCUT2D eigenvalue weighted by Gasteiger charge is -2.18. The van der Waals surface area contributed by atoms with E-state index in [1.807, 2.05) is 25.4 Å². The summed E-state index contributed by atoms with van der Waals surface area (Å²) in [5.41, 5.74) is 7.90. The number of nitrogens with two attached hydrogens (primary N) is 1. The summed E-state index contributed by atoms with van der Waals surface area (Å²) < 4.78 is 1.72. The van der Waals surface area contributed by atoms with Crippen LogP contribution in [0.2, 0.25) is 5.02 Å². The van der Waals surface area contributed by atoms with Crippen molar-refractivity contribution >= 4 is 23.2 Å². The molecule has 0 spiro atoms. The number of rotatable bonds is 3. The second kappa shape index (κ2) is 5.94. The molecule has 1 aliphatic rings. The standard InChI is InChI=1S/C16H16ClN5O/c1-21-7-11(6-20-21)13-8-22(9-14(13)16(19)23)12-3-2-10(5-18)15(17)4-12/h2-4,6-7,13-14H,8-9H2,1H3,(H2,19,23)/t13-,14+/m1/s1. The highest BCUT2D eigenvalue weighted by Gasteiger charge is 2.38. The third-order valence-electron chi connectivity index (χ3n) is 4.28. The summed E-state index contributed by atoms with van der Waals surface area (Å²) in [5.74, 6) is -0.606. The average Bonchev–Trinajstić information content (AvgIpc) is 3.13. The van der Waals surface area contributed by atoms with Crippen molar-refractivity contribution in [3.63, 3.8) is 0 Å². The number of amides is 1. The van der Waals surface area contributed by atoms with E-state index in [4.69, 9.17) is 22.6 Å². The Morgan fingerprint density at radius 3 is 2.83 bits per heavy atom. The predicted molar refractivity (Wildman–Crippen MR) is 87.0 cm³/mol. The fourth-order valence-corrected chi connectivity index (χ4v) is 3.28. The van der Waals surface area contributed by atoms with Crippen LogP contribution in [0.3, 0.4) is 0 Å². The van der Waals surface area contributed by atoms with Crippen molar-refractivity contribution in [1.29, 1.82) is 5.26 Å². The number of aromatic nitrogens is 2. The van der Waals surface area contributed by atoms with E-state index in [-0.39, 0.29) is 17.7 Å². The Bertz CT molecular complexity index is 794. The van der Waals surface area contributed by atoms with Gasteiger partial charge in [0, 0.05) is 37.9 Å². The maximum absolute atomic E-state index is 11.8. The number of aryl methyl sites for hydroxylation is 1. The SMILES string of the molecule is Cn1cc([C@H]2CN(c3ccc(C#N)c(Cl)c3)C[C@@H]2C(N)=O)cn1. The summed E-state index contributed by atoms with van der Waals surface area (Å²) in [6.45, 7) is 1.18. The molecule has 3 rings (SSSR count). The summed E-state index contributed by atoms with van der Waals surface area (Å²) in [7, 11) is 1.84. The van der Waals surface area contributed by atoms with Gasteiger partial charge in [-0.3, -0.25) is 9.48 Å². The molecule has 1 aliphatic heterocycles. The van der Waals surface area contributed by atoms with Crippen LogP contribution < -0.4 is 10.6 Å². The number of hydrogen-bond acceptors (Lipinski definition) is 4. The van der Waals surface area contributed by atoms with Gasteiger partial charge in [0.15, 0.2) is 0 Å². The van der Waals surface area contributed by atoms with Crippen molar-refractivity contribution < 1.29 is 4.79 Å². The van der Waals surface area contributed by atoms with Crippen molar-refractivity contribution in [1.82, 2.24) is 9.78 Å². The Balaban J connectivity index is 1.90. The molecule has 1 fully saturated rings. The Hall–Kier alpha value is -2.52. The quantitative estimate of drug-likeness (QED) is 0.927. The van der Waals surface area contributed by atoms with Gasteiger partial charge in [-0.15, -0.1) is 0 Å². The Morgan fingerprint density at radius 1 is 1.48 bits per heavy atom. The van der Waals surface area contributed by atoms with Gasteiger partial charge in [-0.2, -0.15) is 10.4 Å². The zero-order valence-corrected chi connectivity index (χ0v) is 13.4. The molecule has 0 bridgehead atoms. The van der Waals surface area contributed by atoms with E-state index in [2.05, 4.69) is 10.00 Å². The summed E-state index contributed by atoms with van der Waals surface area (Å²) in [4.78, 5) is 13.9. The maximum Gasteiger partial charge on any atom is 0.223 e. The van der Waals surface area contributed by atoms with Gasteiger partial charge in [0.05, 0.1) is 22.7 Å². The normalized spacial score (nSPS) is 20.5. The van der Waals surface area contributed by atoms with Crippen molar-refractivity contribution in [2.75, 3.05) is 18.0 Å². The van der Waals surface area contributed by atoms with E-state index >= 15 is 0 Å². The average molecular weight is 330 g/mol. The van der Waals surface area contributed by atoms with Gasteiger partial charge in [-0.05, 0) is 23.8 Å². The molecule has 0 aliphatic carbocycles. The van der Waals surface area contributed by atoms with Gasteiger partial charge in [-0.25, -0.2) is 0 Å². The third kappa shape index (κ3) is 2.88. The van der Waals surface area contributed by atoms with E-state index < -0.39 is 0 Å². The molecule has 1 aromatic heterocycles. The largest absolute Gasteiger partial charge is 0.370 e. The van der Waals surface area contributed by atoms with Crippen LogP contribution in [0, 0.1) is 17.2 Å². The highest BCUT2D eigenvalue weighted by Crippen LogP contribution is 2.36. The second-order valence-electron chi connectivity index (χ2n) is 5.74. The highest BCUT2D eigenvalue weighted by molar-refractivity contribution is 6.32. The Labute approximate surface area is 139 Å². The smallest absolute Gasteiger partial charge is 0.223 e. The molecule has 1 saturated heterocycles. The topological polar surface area (TPSA) is 87.9 Å². The van der Waals surface area contributed by atoms with E-state index in [1.165, 1.54) is 0 Å². The van der Waals surface area contributed by atoms with Crippen molar-refractivity contribution in [2.45, 2.75) is 5.92 Å². The molecule has 23 heavy (non-hydrogen) atoms. The molecule has 1 aromatic carbocycles. The molecular formula is C16H16ClN5O. The predicted octanol–water partition coefficient (Wildman–Crippen LogP) is 1.65. The third-order valence-corrected chi connectivity index (χ3v) is 4.59. The Morgan fingerprint density at radius 2 is 2.26 bits per heavy atom. The first-order chi connectivity index (χ1) is 11.0. The van der Waals surface area contributed by atoms with Crippen LogP contribution in [-0.2, 0) is 11.8 Å². The molecule has 7 heteroatoms. The summed E-state index contributed by atoms with van der Waals surface area (Å²) in [6.07, 6.45) is 3.69. The van der Waals surface area contributed by atoms with Crippen LogP contribution >= 0.6 is 11.6 Å². The number of nitriles is 1. The lowest BCUT2D eigenvalue weighted by atomic mass is 9.90. The van der Waals surface area contributed by atoms with Crippen molar-refractivity contribution in [2.24, 2.45) is 18.7 Å². The molecule has 0 unspecified atom stereocenters. The van der Waals surface area contributed by atoms with E-state index in [0.29, 0.717) is 23.7 Å². The molecule has 2 aromatic rings. The van der Waals surface area contributed by atoms with Crippen molar-refractivity contribution in [3.05, 3.63) is 46.7 Å². The molecule has 2 N–H and O–H groups in total. The molecule has 0 saturated carbocycles. The number of carbonyl (C=O) groups excluding carboxylic acids is 1. The fourth-order valence-electron chi connectivity index (χ4n) is 3.06. The van der Waals surface area contributed by atoms with Gasteiger partial charge in [0.25, 0.3) is 0 Å². The summed E-state index contributed by atoms with van der Waals surface area (Å²) in [6, 6.07) is 7.33. The zero-order valence-electron chi connectivity index (χ0n) is 12.6. The number of carbonyl (C=O) groups is 1. The molecule has 2 atom stereocenters. The number of primary amides is 1. The molecule has 118 valence electrons. The number of halogens is 1. The summed E-state index contributed by atoms with van der Waals surface area (Å²) >= 11 is 6.11. The maximum atomic E-state index is 11.8. The number of anilines is 1. The van der Waals surface area contributed by atoms with Gasteiger partial charge < -0.3 is 10.6 Å². The summed E-state index contributed by atoms with van der Waals surface area (Å²) in [5, 5.41) is 13.6. The van der Waals surface area contributed by atoms with Gasteiger partial charge in [0.2, 0.25) is 5.91 Å². The van der Waals surface area contributed by atoms with Crippen LogP contribution in [0.5, 0.6) is 0 Å². The highest BCUT2D eigenvalue weighted by atomic mass is 35.5. The zero-order chi connectivity index (χ0) is 16.6. The number of hydrogen-bond donors (Lipinski definition) is 1. The van der Waals surface area contributed by atoms with E-state index in [1.54, 1.807) is 23.0 Å². The minimum atomic E-state index is -0.318.